The van der Waals surface area contributed by atoms with Crippen LogP contribution in [0.5, 0.6) is 0 Å². The van der Waals surface area contributed by atoms with Crippen molar-refractivity contribution in [1.29, 1.82) is 0 Å². The molecule has 0 spiro atoms. The van der Waals surface area contributed by atoms with Crippen molar-refractivity contribution in [2.75, 3.05) is 11.9 Å². The second-order valence-corrected chi connectivity index (χ2v) is 4.72. The van der Waals surface area contributed by atoms with Crippen molar-refractivity contribution in [2.24, 2.45) is 5.92 Å². The van der Waals surface area contributed by atoms with E-state index < -0.39 is 11.0 Å². The molecule has 0 fully saturated rings. The second kappa shape index (κ2) is 6.30. The molecule has 1 aromatic rings. The molecule has 1 atom stereocenters. The molecule has 1 rings (SSSR count). The highest BCUT2D eigenvalue weighted by molar-refractivity contribution is 5.44. The minimum atomic E-state index is -0.459. The van der Waals surface area contributed by atoms with Gasteiger partial charge in [0.25, 0.3) is 5.69 Å². The number of nitrogens with one attached hydrogen (secondary N) is 1. The average Bonchev–Trinajstić information content (AvgIpc) is 2.25. The molecule has 0 saturated carbocycles. The Balaban J connectivity index is 2.58. The molecule has 6 heteroatoms. The molecule has 0 aliphatic rings. The molecule has 0 amide bonds. The number of rotatable bonds is 6. The number of hydrogen-bond donors (Lipinski definition) is 2. The number of aliphatic hydroxyl groups is 1. The zero-order valence-electron chi connectivity index (χ0n) is 10.9. The number of anilines is 1. The topological polar surface area (TPSA) is 88.3 Å². The van der Waals surface area contributed by atoms with E-state index in [1.54, 1.807) is 13.0 Å². The predicted molar refractivity (Wildman–Crippen MR) is 69.6 cm³/mol. The fourth-order valence-electron chi connectivity index (χ4n) is 1.69. The van der Waals surface area contributed by atoms with Crippen LogP contribution in [0.25, 0.3) is 0 Å². The molecule has 0 aromatic carbocycles. The van der Waals surface area contributed by atoms with E-state index in [1.807, 2.05) is 13.8 Å². The molecular formula is C12H19N3O3. The lowest BCUT2D eigenvalue weighted by molar-refractivity contribution is -0.385. The van der Waals surface area contributed by atoms with Gasteiger partial charge in [-0.25, -0.2) is 4.98 Å². The molecule has 0 aliphatic carbocycles. The Hall–Kier alpha value is -1.69. The zero-order chi connectivity index (χ0) is 13.7. The van der Waals surface area contributed by atoms with Crippen LogP contribution in [0, 0.1) is 23.0 Å². The van der Waals surface area contributed by atoms with Gasteiger partial charge in [-0.3, -0.25) is 10.1 Å². The molecule has 0 saturated heterocycles. The fraction of sp³-hybridized carbons (Fsp3) is 0.583. The fourth-order valence-corrected chi connectivity index (χ4v) is 1.69. The van der Waals surface area contributed by atoms with Gasteiger partial charge < -0.3 is 10.4 Å². The quantitative estimate of drug-likeness (QED) is 0.598. The summed E-state index contributed by atoms with van der Waals surface area (Å²) in [6, 6.07) is 2.97. The van der Waals surface area contributed by atoms with Gasteiger partial charge in [-0.05, 0) is 25.3 Å². The van der Waals surface area contributed by atoms with Crippen LogP contribution in [0.3, 0.4) is 0 Å². The Morgan fingerprint density at radius 3 is 2.67 bits per heavy atom. The Kier molecular flexibility index (Phi) is 5.03. The first kappa shape index (κ1) is 14.4. The van der Waals surface area contributed by atoms with E-state index >= 15 is 0 Å². The maximum Gasteiger partial charge on any atom is 0.290 e. The van der Waals surface area contributed by atoms with Gasteiger partial charge in [0.15, 0.2) is 0 Å². The molecule has 18 heavy (non-hydrogen) atoms. The monoisotopic (exact) mass is 253 g/mol. The van der Waals surface area contributed by atoms with Crippen LogP contribution in [0.15, 0.2) is 12.1 Å². The minimum Gasteiger partial charge on any atom is -0.391 e. The van der Waals surface area contributed by atoms with Gasteiger partial charge in [0.2, 0.25) is 0 Å². The van der Waals surface area contributed by atoms with Crippen molar-refractivity contribution in [3.63, 3.8) is 0 Å². The van der Waals surface area contributed by atoms with E-state index in [9.17, 15) is 15.2 Å². The number of aliphatic hydroxyl groups excluding tert-OH is 1. The van der Waals surface area contributed by atoms with Gasteiger partial charge in [-0.15, -0.1) is 0 Å². The summed E-state index contributed by atoms with van der Waals surface area (Å²) in [6.45, 7) is 6.06. The molecular weight excluding hydrogens is 234 g/mol. The van der Waals surface area contributed by atoms with Gasteiger partial charge in [0.1, 0.15) is 11.5 Å². The summed E-state index contributed by atoms with van der Waals surface area (Å²) in [5.41, 5.74) is 0.367. The Bertz CT molecular complexity index is 421. The average molecular weight is 253 g/mol. The molecule has 0 aliphatic heterocycles. The van der Waals surface area contributed by atoms with Gasteiger partial charge in [0, 0.05) is 12.6 Å². The van der Waals surface area contributed by atoms with Gasteiger partial charge in [-0.1, -0.05) is 13.8 Å². The first-order valence-electron chi connectivity index (χ1n) is 5.94. The zero-order valence-corrected chi connectivity index (χ0v) is 10.9. The molecule has 0 bridgehead atoms. The second-order valence-electron chi connectivity index (χ2n) is 4.72. The lowest BCUT2D eigenvalue weighted by Gasteiger charge is -2.14. The number of aromatic nitrogens is 1. The van der Waals surface area contributed by atoms with E-state index in [0.717, 1.165) is 0 Å². The highest BCUT2D eigenvalue weighted by Gasteiger charge is 2.12. The largest absolute Gasteiger partial charge is 0.391 e. The van der Waals surface area contributed by atoms with E-state index in [1.165, 1.54) is 6.07 Å². The summed E-state index contributed by atoms with van der Waals surface area (Å²) >= 11 is 0. The van der Waals surface area contributed by atoms with Crippen molar-refractivity contribution in [2.45, 2.75) is 33.3 Å². The van der Waals surface area contributed by atoms with Crippen molar-refractivity contribution in [3.05, 3.63) is 27.9 Å². The lowest BCUT2D eigenvalue weighted by Crippen LogP contribution is -2.21. The summed E-state index contributed by atoms with van der Waals surface area (Å²) in [7, 11) is 0. The minimum absolute atomic E-state index is 0.00304. The first-order valence-corrected chi connectivity index (χ1v) is 5.94. The Labute approximate surface area is 106 Å². The third-order valence-corrected chi connectivity index (χ3v) is 2.52. The van der Waals surface area contributed by atoms with Crippen molar-refractivity contribution >= 4 is 11.5 Å². The van der Waals surface area contributed by atoms with Crippen LogP contribution in [-0.2, 0) is 0 Å². The van der Waals surface area contributed by atoms with Crippen LogP contribution >= 0.6 is 0 Å². The number of nitro groups is 1. The van der Waals surface area contributed by atoms with Crippen molar-refractivity contribution < 1.29 is 10.0 Å². The van der Waals surface area contributed by atoms with Crippen LogP contribution in [0.4, 0.5) is 11.5 Å². The Morgan fingerprint density at radius 2 is 2.17 bits per heavy atom. The number of aryl methyl sites for hydroxylation is 1. The highest BCUT2D eigenvalue weighted by atomic mass is 16.6. The summed E-state index contributed by atoms with van der Waals surface area (Å²) in [6.07, 6.45) is 0.265. The SMILES string of the molecule is Cc1nc(NCC(O)CC(C)C)ccc1[N+](=O)[O-]. The molecule has 1 unspecified atom stereocenters. The van der Waals surface area contributed by atoms with Crippen LogP contribution in [0.2, 0.25) is 0 Å². The summed E-state index contributed by atoms with van der Waals surface area (Å²) < 4.78 is 0. The number of hydrogen-bond acceptors (Lipinski definition) is 5. The van der Waals surface area contributed by atoms with E-state index in [0.29, 0.717) is 30.4 Å². The standard InChI is InChI=1S/C12H19N3O3/c1-8(2)6-10(16)7-13-12-5-4-11(15(17)18)9(3)14-12/h4-5,8,10,16H,6-7H2,1-3H3,(H,13,14). The molecule has 100 valence electrons. The summed E-state index contributed by atoms with van der Waals surface area (Å²) in [5, 5.41) is 23.3. The van der Waals surface area contributed by atoms with E-state index in [-0.39, 0.29) is 5.69 Å². The van der Waals surface area contributed by atoms with Crippen molar-refractivity contribution in [3.8, 4) is 0 Å². The highest BCUT2D eigenvalue weighted by Crippen LogP contribution is 2.17. The number of pyridine rings is 1. The Morgan fingerprint density at radius 1 is 1.50 bits per heavy atom. The first-order chi connectivity index (χ1) is 8.40. The third-order valence-electron chi connectivity index (χ3n) is 2.52. The summed E-state index contributed by atoms with van der Waals surface area (Å²) in [4.78, 5) is 14.2. The van der Waals surface area contributed by atoms with Gasteiger partial charge >= 0.3 is 0 Å². The van der Waals surface area contributed by atoms with Crippen molar-refractivity contribution in [1.82, 2.24) is 4.98 Å². The maximum atomic E-state index is 10.6. The lowest BCUT2D eigenvalue weighted by atomic mass is 10.1. The van der Waals surface area contributed by atoms with E-state index in [2.05, 4.69) is 10.3 Å². The predicted octanol–water partition coefficient (Wildman–Crippen LogP) is 2.12. The van der Waals surface area contributed by atoms with Crippen LogP contribution in [-0.4, -0.2) is 27.7 Å². The maximum absolute atomic E-state index is 10.6. The molecule has 1 heterocycles. The van der Waals surface area contributed by atoms with Crippen LogP contribution in [0.1, 0.15) is 26.0 Å². The molecule has 2 N–H and O–H groups in total. The molecule has 1 aromatic heterocycles. The molecule has 0 radical (unpaired) electrons. The smallest absolute Gasteiger partial charge is 0.290 e. The van der Waals surface area contributed by atoms with E-state index in [4.69, 9.17) is 0 Å². The molecule has 6 nitrogen and oxygen atoms in total. The van der Waals surface area contributed by atoms with Gasteiger partial charge in [0.05, 0.1) is 11.0 Å². The van der Waals surface area contributed by atoms with Gasteiger partial charge in [-0.2, -0.15) is 0 Å². The summed E-state index contributed by atoms with van der Waals surface area (Å²) in [5.74, 6) is 0.967. The third kappa shape index (κ3) is 4.29. The normalized spacial score (nSPS) is 12.5. The number of nitrogens with zero attached hydrogens (tertiary/aromatic N) is 2. The van der Waals surface area contributed by atoms with Crippen LogP contribution < -0.4 is 5.32 Å².